The van der Waals surface area contributed by atoms with E-state index in [0.717, 1.165) is 55.9 Å². The topological polar surface area (TPSA) is 38.5 Å². The summed E-state index contributed by atoms with van der Waals surface area (Å²) in [5.41, 5.74) is 13.0. The van der Waals surface area contributed by atoms with Crippen LogP contribution in [0.2, 0.25) is 0 Å². The normalized spacial score (nSPS) is 15.4. The van der Waals surface area contributed by atoms with Gasteiger partial charge in [0.2, 0.25) is 0 Å². The van der Waals surface area contributed by atoms with E-state index in [1.165, 1.54) is 6.07 Å². The molecule has 3 aliphatic heterocycles. The molecule has 0 amide bonds. The summed E-state index contributed by atoms with van der Waals surface area (Å²) in [6.45, 7) is 0.777. The third kappa shape index (κ3) is 6.76. The fraction of sp³-hybridized carbons (Fsp3) is 0.0909. The van der Waals surface area contributed by atoms with Crippen molar-refractivity contribution in [2.24, 2.45) is 0 Å². The molecule has 11 aromatic rings. The molecule has 0 N–H and O–H groups in total. The van der Waals surface area contributed by atoms with Crippen molar-refractivity contribution in [3.05, 3.63) is 233 Å². The van der Waals surface area contributed by atoms with Crippen LogP contribution in [0.4, 0.5) is 22.9 Å². The van der Waals surface area contributed by atoms with E-state index in [4.69, 9.17) is 17.9 Å². The third-order valence-electron chi connectivity index (χ3n) is 14.5. The summed E-state index contributed by atoms with van der Waals surface area (Å²) >= 11 is 2.23. The molecule has 0 saturated carbocycles. The summed E-state index contributed by atoms with van der Waals surface area (Å²) in [5, 5.41) is 0. The van der Waals surface area contributed by atoms with E-state index in [2.05, 4.69) is 92.2 Å². The average Bonchev–Trinajstić information content (AvgIpc) is 2.87. The zero-order valence-electron chi connectivity index (χ0n) is 51.4. The van der Waals surface area contributed by atoms with Crippen LogP contribution < -0.4 is 19.8 Å². The molecule has 2 aromatic heterocycles. The summed E-state index contributed by atoms with van der Waals surface area (Å²) < 4.78 is 110. The Bertz CT molecular complexity index is 4700. The van der Waals surface area contributed by atoms with Crippen LogP contribution in [-0.4, -0.2) is 21.1 Å². The van der Waals surface area contributed by atoms with Gasteiger partial charge in [-0.25, -0.2) is 0 Å². The van der Waals surface area contributed by atoms with E-state index >= 15 is 0 Å². The molecule has 0 radical (unpaired) electrons. The number of aryl methyl sites for hydroxylation is 2. The second kappa shape index (κ2) is 16.9. The van der Waals surface area contributed by atoms with Crippen LogP contribution in [0.5, 0.6) is 11.6 Å². The molecule has 6 nitrogen and oxygen atoms in total. The molecule has 0 atom stereocenters. The van der Waals surface area contributed by atoms with Crippen LogP contribution in [-0.2, 0) is 24.8 Å². The molecule has 0 bridgehead atoms. The minimum atomic E-state index is -2.66. The molecule has 0 unspecified atom stereocenters. The number of nitrogens with zero attached hydrogens (tertiary/aromatic N) is 5. The van der Waals surface area contributed by atoms with Gasteiger partial charge in [0, 0.05) is 11.3 Å². The van der Waals surface area contributed by atoms with Gasteiger partial charge < -0.3 is 0 Å². The Morgan fingerprint density at radius 2 is 1.20 bits per heavy atom. The third-order valence-corrected chi connectivity index (χ3v) is 15.6. The van der Waals surface area contributed by atoms with Crippen molar-refractivity contribution >= 4 is 46.4 Å². The van der Waals surface area contributed by atoms with Crippen LogP contribution in [0.15, 0.2) is 212 Å². The molecule has 14 rings (SSSR count). The standard InChI is InChI=1S/C66H50BN5O.Pt/c1-42-37-52(44-21-8-6-9-22-44)64(53(38-42)45-23-10-7-11-24-45)70-41-69(56-31-16-17-32-57(56)70)46-35-36-49(47-25-12-14-29-54(47)66(3,4)5)60(40-46)73-61-39-43(2)62-51-28-20-27-50-48-26-13-15-30-55(48)71-58-33-18-19-34-59(58)72(65(62)68-61)67(71)63(50)51;/h6-40H,1-5H3;/i1D3,2D3,6D,8D,9D,21D,22D;. The second-order valence-electron chi connectivity index (χ2n) is 19.9. The van der Waals surface area contributed by atoms with Gasteiger partial charge in [0.25, 0.3) is 0 Å². The van der Waals surface area contributed by atoms with Crippen molar-refractivity contribution < 1.29 is 39.2 Å². The number of anilines is 4. The number of hydrogen-bond acceptors (Lipinski definition) is 4. The van der Waals surface area contributed by atoms with Crippen molar-refractivity contribution in [3.8, 4) is 78.6 Å². The number of para-hydroxylation sites is 5. The molecule has 358 valence electrons. The van der Waals surface area contributed by atoms with Gasteiger partial charge in [-0.2, -0.15) is 0 Å². The van der Waals surface area contributed by atoms with E-state index in [-0.39, 0.29) is 40.5 Å². The molecule has 0 saturated heterocycles. The monoisotopic (exact) mass is 1150 g/mol. The van der Waals surface area contributed by atoms with Crippen LogP contribution in [0.25, 0.3) is 78.0 Å². The first kappa shape index (κ1) is 34.2. The molecule has 8 heteroatoms. The maximum atomic E-state index is 9.31. The van der Waals surface area contributed by atoms with Gasteiger partial charge in [-0.3, -0.25) is 0 Å². The van der Waals surface area contributed by atoms with Crippen molar-refractivity contribution in [2.75, 3.05) is 9.62 Å². The predicted octanol–water partition coefficient (Wildman–Crippen LogP) is 16.2. The van der Waals surface area contributed by atoms with Crippen molar-refractivity contribution in [2.45, 2.75) is 39.9 Å². The van der Waals surface area contributed by atoms with Gasteiger partial charge in [0.05, 0.1) is 0 Å². The number of ether oxygens (including phenoxy) is 1. The maximum absolute atomic E-state index is 9.31. The minimum absolute atomic E-state index is 0.0654. The fourth-order valence-electron chi connectivity index (χ4n) is 11.5. The zero-order chi connectivity index (χ0) is 59.3. The van der Waals surface area contributed by atoms with E-state index in [1.54, 1.807) is 12.1 Å². The Morgan fingerprint density at radius 3 is 1.96 bits per heavy atom. The Kier molecular flexibility index (Phi) is 7.82. The molecular formula is C66H50BN5OPt. The van der Waals surface area contributed by atoms with Crippen LogP contribution in [0.3, 0.4) is 0 Å². The van der Waals surface area contributed by atoms with Gasteiger partial charge >= 0.3 is 389 Å². The Morgan fingerprint density at radius 1 is 0.554 bits per heavy atom. The van der Waals surface area contributed by atoms with E-state index in [9.17, 15) is 6.85 Å². The summed E-state index contributed by atoms with van der Waals surface area (Å²) in [4.78, 5) is 9.90. The summed E-state index contributed by atoms with van der Waals surface area (Å²) in [5.74, 6) is 0.885. The average molecular weight is 1150 g/mol. The van der Waals surface area contributed by atoms with Crippen molar-refractivity contribution in [3.63, 3.8) is 0 Å². The van der Waals surface area contributed by atoms with Gasteiger partial charge in [-0.15, -0.1) is 0 Å². The number of rotatable bonds is 7. The SMILES string of the molecule is [2H]c1c([2H])c([2H])c(-c2cc(C([2H])([2H])[2H])cc(-c3ccccc3)c2-n2[c](=[Pt])n(-c3ccc(-c4ccccc4C(C)(C)C)c(Oc4cc(C([2H])([2H])[2H])c5c(n4)N4B6c7c(cccc7-5)-c5ccccc5N6c5ccccc54)c3)c3ccccc32)c([2H])c1[2H]. The number of aromatic nitrogens is 3. The fourth-order valence-corrected chi connectivity index (χ4v) is 12.6. The van der Waals surface area contributed by atoms with Crippen LogP contribution in [0, 0.1) is 17.5 Å². The first-order chi connectivity index (χ1) is 40.6. The number of fused-ring (bicyclic) bond motifs is 10. The van der Waals surface area contributed by atoms with Gasteiger partial charge in [-0.05, 0) is 17.7 Å². The molecular weight excluding hydrogens is 1080 g/mol. The Labute approximate surface area is 458 Å². The zero-order valence-corrected chi connectivity index (χ0v) is 42.6. The van der Waals surface area contributed by atoms with Crippen LogP contribution in [0.1, 0.15) is 52.5 Å². The number of benzene rings is 9. The Hall–Kier alpha value is -8.25. The molecule has 74 heavy (non-hydrogen) atoms. The van der Waals surface area contributed by atoms with Gasteiger partial charge in [-0.1, -0.05) is 42.5 Å². The van der Waals surface area contributed by atoms with Crippen LogP contribution >= 0.6 is 0 Å². The molecule has 9 aromatic carbocycles. The van der Waals surface area contributed by atoms with Crippen molar-refractivity contribution in [1.82, 2.24) is 14.1 Å². The predicted molar refractivity (Wildman–Crippen MR) is 302 cm³/mol. The molecule has 5 heterocycles. The second-order valence-corrected chi connectivity index (χ2v) is 20.9. The molecule has 3 aliphatic rings. The number of hydrogen-bond donors (Lipinski definition) is 0. The molecule has 0 aliphatic carbocycles. The Balaban J connectivity index is 1.03. The first-order valence-electron chi connectivity index (χ1n) is 30.0. The quantitative estimate of drug-likeness (QED) is 0.149. The van der Waals surface area contributed by atoms with E-state index < -0.39 is 43.9 Å². The van der Waals surface area contributed by atoms with Gasteiger partial charge in [0.15, 0.2) is 0 Å². The number of imidazole rings is 1. The molecule has 0 fully saturated rings. The summed E-state index contributed by atoms with van der Waals surface area (Å²) in [7, 11) is 0. The van der Waals surface area contributed by atoms with E-state index in [0.29, 0.717) is 54.5 Å². The van der Waals surface area contributed by atoms with Crippen molar-refractivity contribution in [1.29, 1.82) is 0 Å². The number of pyridine rings is 1. The summed E-state index contributed by atoms with van der Waals surface area (Å²) in [6, 6.07) is 55.5. The first-order valence-corrected chi connectivity index (χ1v) is 25.6. The van der Waals surface area contributed by atoms with E-state index in [1.807, 2.05) is 130 Å². The summed E-state index contributed by atoms with van der Waals surface area (Å²) in [6.07, 6.45) is 0. The van der Waals surface area contributed by atoms with Gasteiger partial charge in [0.1, 0.15) is 0 Å². The molecule has 0 spiro atoms.